The van der Waals surface area contributed by atoms with Crippen molar-refractivity contribution in [2.24, 2.45) is 11.8 Å². The maximum atomic E-state index is 5.87. The molecule has 0 saturated heterocycles. The van der Waals surface area contributed by atoms with Gasteiger partial charge in [0, 0.05) is 23.2 Å². The number of nitrogen functional groups attached to an aromatic ring is 1. The van der Waals surface area contributed by atoms with Crippen LogP contribution < -0.4 is 5.73 Å². The average Bonchev–Trinajstić information content (AvgIpc) is 2.88. The van der Waals surface area contributed by atoms with E-state index >= 15 is 0 Å². The predicted octanol–water partition coefficient (Wildman–Crippen LogP) is 3.12. The normalized spacial score (nSPS) is 23.8. The van der Waals surface area contributed by atoms with Gasteiger partial charge in [-0.3, -0.25) is 0 Å². The maximum absolute atomic E-state index is 5.87. The molecule has 1 aliphatic rings. The lowest BCUT2D eigenvalue weighted by atomic mass is 10.2. The van der Waals surface area contributed by atoms with Crippen LogP contribution in [0.3, 0.4) is 0 Å². The van der Waals surface area contributed by atoms with Crippen LogP contribution in [0.4, 0.5) is 5.69 Å². The van der Waals surface area contributed by atoms with E-state index in [0.717, 1.165) is 28.5 Å². The molecule has 2 atom stereocenters. The first-order valence-electron chi connectivity index (χ1n) is 5.78. The molecule has 2 rings (SSSR count). The van der Waals surface area contributed by atoms with Crippen LogP contribution in [0.1, 0.15) is 18.9 Å². The van der Waals surface area contributed by atoms with Crippen molar-refractivity contribution in [2.45, 2.75) is 19.9 Å². The molecule has 1 aromatic carbocycles. The number of hydrogen-bond donors (Lipinski definition) is 1. The van der Waals surface area contributed by atoms with Crippen molar-refractivity contribution in [3.63, 3.8) is 0 Å². The van der Waals surface area contributed by atoms with Crippen LogP contribution in [0.2, 0.25) is 0 Å². The van der Waals surface area contributed by atoms with Gasteiger partial charge in [0.2, 0.25) is 0 Å². The van der Waals surface area contributed by atoms with Crippen molar-refractivity contribution < 1.29 is 0 Å². The molecule has 0 bridgehead atoms. The summed E-state index contributed by atoms with van der Waals surface area (Å²) in [6.07, 6.45) is 1.40. The minimum Gasteiger partial charge on any atom is -0.398 e. The van der Waals surface area contributed by atoms with Crippen LogP contribution in [0, 0.1) is 11.8 Å². The van der Waals surface area contributed by atoms with E-state index in [-0.39, 0.29) is 0 Å². The Bertz CT molecular complexity index is 378. The number of hydrogen-bond acceptors (Lipinski definition) is 2. The minimum absolute atomic E-state index is 0.825. The molecular formula is C13H19BrN2. The molecule has 1 fully saturated rings. The Kier molecular flexibility index (Phi) is 3.55. The van der Waals surface area contributed by atoms with E-state index in [4.69, 9.17) is 5.73 Å². The summed E-state index contributed by atoms with van der Waals surface area (Å²) in [5.74, 6) is 1.84. The second-order valence-electron chi connectivity index (χ2n) is 5.03. The van der Waals surface area contributed by atoms with E-state index in [1.54, 1.807) is 0 Å². The first-order valence-corrected chi connectivity index (χ1v) is 6.58. The van der Waals surface area contributed by atoms with Gasteiger partial charge in [0.25, 0.3) is 0 Å². The quantitative estimate of drug-likeness (QED) is 0.860. The summed E-state index contributed by atoms with van der Waals surface area (Å²) in [7, 11) is 2.18. The fourth-order valence-electron chi connectivity index (χ4n) is 2.12. The molecule has 0 amide bonds. The van der Waals surface area contributed by atoms with Crippen LogP contribution in [0.15, 0.2) is 22.7 Å². The molecule has 2 unspecified atom stereocenters. The smallest absolute Gasteiger partial charge is 0.0461 e. The molecule has 0 aliphatic heterocycles. The molecular weight excluding hydrogens is 264 g/mol. The fraction of sp³-hybridized carbons (Fsp3) is 0.538. The lowest BCUT2D eigenvalue weighted by Gasteiger charge is -2.17. The fourth-order valence-corrected chi connectivity index (χ4v) is 2.37. The summed E-state index contributed by atoms with van der Waals surface area (Å²) >= 11 is 3.42. The van der Waals surface area contributed by atoms with Gasteiger partial charge in [0.15, 0.2) is 0 Å². The van der Waals surface area contributed by atoms with Crippen molar-refractivity contribution in [1.82, 2.24) is 4.90 Å². The van der Waals surface area contributed by atoms with E-state index < -0.39 is 0 Å². The highest BCUT2D eigenvalue weighted by atomic mass is 79.9. The molecule has 2 nitrogen and oxygen atoms in total. The molecule has 2 N–H and O–H groups in total. The molecule has 0 spiro atoms. The summed E-state index contributed by atoms with van der Waals surface area (Å²) in [4.78, 5) is 2.39. The first kappa shape index (κ1) is 11.9. The predicted molar refractivity (Wildman–Crippen MR) is 72.2 cm³/mol. The van der Waals surface area contributed by atoms with Crippen LogP contribution in [0.5, 0.6) is 0 Å². The van der Waals surface area contributed by atoms with Crippen molar-refractivity contribution in [3.05, 3.63) is 28.2 Å². The van der Waals surface area contributed by atoms with Crippen molar-refractivity contribution in [3.8, 4) is 0 Å². The van der Waals surface area contributed by atoms with Crippen LogP contribution in [-0.4, -0.2) is 18.5 Å². The highest BCUT2D eigenvalue weighted by Gasteiger charge is 2.32. The average molecular weight is 283 g/mol. The molecule has 0 radical (unpaired) electrons. The Balaban J connectivity index is 1.90. The summed E-state index contributed by atoms with van der Waals surface area (Å²) in [5, 5.41) is 0. The zero-order valence-electron chi connectivity index (χ0n) is 9.91. The van der Waals surface area contributed by atoms with E-state index in [0.29, 0.717) is 0 Å². The molecule has 1 aliphatic carbocycles. The summed E-state index contributed by atoms with van der Waals surface area (Å²) in [5.41, 5.74) is 7.98. The largest absolute Gasteiger partial charge is 0.398 e. The monoisotopic (exact) mass is 282 g/mol. The number of rotatable bonds is 4. The molecule has 1 aromatic rings. The molecule has 0 heterocycles. The number of benzene rings is 1. The Morgan fingerprint density at radius 2 is 2.19 bits per heavy atom. The van der Waals surface area contributed by atoms with E-state index in [1.165, 1.54) is 18.5 Å². The topological polar surface area (TPSA) is 29.3 Å². The zero-order chi connectivity index (χ0) is 11.7. The van der Waals surface area contributed by atoms with Crippen LogP contribution >= 0.6 is 15.9 Å². The van der Waals surface area contributed by atoms with Crippen molar-refractivity contribution in [2.75, 3.05) is 19.3 Å². The van der Waals surface area contributed by atoms with Crippen molar-refractivity contribution >= 4 is 21.6 Å². The van der Waals surface area contributed by atoms with E-state index in [9.17, 15) is 0 Å². The van der Waals surface area contributed by atoms with E-state index in [1.807, 2.05) is 6.07 Å². The van der Waals surface area contributed by atoms with E-state index in [2.05, 4.69) is 46.9 Å². The van der Waals surface area contributed by atoms with Gasteiger partial charge >= 0.3 is 0 Å². The number of nitrogens with two attached hydrogens (primary N) is 1. The lowest BCUT2D eigenvalue weighted by Crippen LogP contribution is -2.20. The number of nitrogens with zero attached hydrogens (tertiary/aromatic N) is 1. The number of anilines is 1. The second kappa shape index (κ2) is 4.76. The number of halogens is 1. The highest BCUT2D eigenvalue weighted by Crippen LogP contribution is 2.38. The second-order valence-corrected chi connectivity index (χ2v) is 5.88. The van der Waals surface area contributed by atoms with Gasteiger partial charge in [-0.25, -0.2) is 0 Å². The third kappa shape index (κ3) is 2.98. The maximum Gasteiger partial charge on any atom is 0.0461 e. The van der Waals surface area contributed by atoms with Gasteiger partial charge in [0.05, 0.1) is 0 Å². The van der Waals surface area contributed by atoms with Crippen molar-refractivity contribution in [1.29, 1.82) is 0 Å². The first-order chi connectivity index (χ1) is 7.56. The third-order valence-electron chi connectivity index (χ3n) is 3.34. The van der Waals surface area contributed by atoms with Crippen LogP contribution in [0.25, 0.3) is 0 Å². The van der Waals surface area contributed by atoms with Gasteiger partial charge in [-0.05, 0) is 58.9 Å². The Hall–Kier alpha value is -0.540. The summed E-state index contributed by atoms with van der Waals surface area (Å²) < 4.78 is 0.981. The Morgan fingerprint density at radius 3 is 2.75 bits per heavy atom. The minimum atomic E-state index is 0.825. The third-order valence-corrected chi connectivity index (χ3v) is 4.06. The van der Waals surface area contributed by atoms with Gasteiger partial charge in [-0.1, -0.05) is 13.0 Å². The van der Waals surface area contributed by atoms with Gasteiger partial charge < -0.3 is 10.6 Å². The molecule has 1 saturated carbocycles. The summed E-state index contributed by atoms with van der Waals surface area (Å²) in [6.45, 7) is 4.52. The zero-order valence-corrected chi connectivity index (χ0v) is 11.5. The summed E-state index contributed by atoms with van der Waals surface area (Å²) in [6, 6.07) is 6.21. The Labute approximate surface area is 106 Å². The SMILES string of the molecule is CC1CC1CN(C)Cc1ccc(Br)c(N)c1. The van der Waals surface area contributed by atoms with Gasteiger partial charge in [0.1, 0.15) is 0 Å². The standard InChI is InChI=1S/C13H19BrN2/c1-9-5-11(9)8-16(2)7-10-3-4-12(14)13(15)6-10/h3-4,6,9,11H,5,7-8,15H2,1-2H3. The molecule has 88 valence electrons. The van der Waals surface area contributed by atoms with Gasteiger partial charge in [-0.15, -0.1) is 0 Å². The molecule has 0 aromatic heterocycles. The molecule has 16 heavy (non-hydrogen) atoms. The molecule has 3 heteroatoms. The van der Waals surface area contributed by atoms with Gasteiger partial charge in [-0.2, -0.15) is 0 Å². The Morgan fingerprint density at radius 1 is 1.50 bits per heavy atom. The highest BCUT2D eigenvalue weighted by molar-refractivity contribution is 9.10. The van der Waals surface area contributed by atoms with Crippen LogP contribution in [-0.2, 0) is 6.54 Å². The lowest BCUT2D eigenvalue weighted by molar-refractivity contribution is 0.307.